The van der Waals surface area contributed by atoms with Gasteiger partial charge in [0.1, 0.15) is 6.10 Å². The molecular weight excluding hydrogens is 659 g/mol. The summed E-state index contributed by atoms with van der Waals surface area (Å²) >= 11 is 0. The Hall–Kier alpha value is -1.66. The number of aliphatic hydroxyl groups excluding tert-OH is 2. The van der Waals surface area contributed by atoms with Crippen LogP contribution in [0.25, 0.3) is 0 Å². The predicted molar refractivity (Wildman–Crippen MR) is 227 cm³/mol. The fourth-order valence-corrected chi connectivity index (χ4v) is 6.95. The lowest BCUT2D eigenvalue weighted by molar-refractivity contribution is -0.151. The van der Waals surface area contributed by atoms with E-state index in [1.54, 1.807) is 0 Å². The van der Waals surface area contributed by atoms with Crippen LogP contribution in [0.15, 0.2) is 24.3 Å². The maximum Gasteiger partial charge on any atom is 0.306 e. The van der Waals surface area contributed by atoms with Crippen molar-refractivity contribution in [3.63, 3.8) is 0 Å². The molecule has 3 unspecified atom stereocenters. The zero-order chi connectivity index (χ0) is 38.9. The highest BCUT2D eigenvalue weighted by Gasteiger charge is 2.24. The average Bonchev–Trinajstić information content (AvgIpc) is 3.15. The Morgan fingerprint density at radius 3 is 1.42 bits per heavy atom. The number of amides is 1. The normalized spacial score (nSPS) is 13.5. The molecule has 6 nitrogen and oxygen atoms in total. The molecule has 1 amide bonds. The molecule has 312 valence electrons. The zero-order valence-electron chi connectivity index (χ0n) is 35.4. The van der Waals surface area contributed by atoms with Gasteiger partial charge in [0.25, 0.3) is 0 Å². The minimum absolute atomic E-state index is 0.0564. The summed E-state index contributed by atoms with van der Waals surface area (Å²) in [6.07, 6.45) is 45.2. The third kappa shape index (κ3) is 37.1. The van der Waals surface area contributed by atoms with Gasteiger partial charge in [-0.3, -0.25) is 9.59 Å². The Balaban J connectivity index is 4.61. The smallest absolute Gasteiger partial charge is 0.306 e. The molecule has 3 atom stereocenters. The SMILES string of the molecule is CCCCC/C=C\CCCCCCCC(=O)OC(CCC/C=C\CCCCCCCC)CC(=O)NC(CO)C(O)CCCCCCCCCCCCC. The van der Waals surface area contributed by atoms with Crippen LogP contribution in [-0.2, 0) is 14.3 Å². The van der Waals surface area contributed by atoms with Crippen LogP contribution >= 0.6 is 0 Å². The molecule has 0 aliphatic rings. The molecule has 3 N–H and O–H groups in total. The molecular formula is C47H89NO5. The van der Waals surface area contributed by atoms with Gasteiger partial charge in [0.2, 0.25) is 5.91 Å². The van der Waals surface area contributed by atoms with E-state index in [0.29, 0.717) is 19.3 Å². The van der Waals surface area contributed by atoms with E-state index in [2.05, 4.69) is 50.4 Å². The van der Waals surface area contributed by atoms with Crippen LogP contribution in [0.1, 0.15) is 239 Å². The van der Waals surface area contributed by atoms with Crippen LogP contribution in [0.3, 0.4) is 0 Å². The lowest BCUT2D eigenvalue weighted by Crippen LogP contribution is -2.46. The number of aliphatic hydroxyl groups is 2. The molecule has 0 rings (SSSR count). The summed E-state index contributed by atoms with van der Waals surface area (Å²) in [6.45, 7) is 6.42. The van der Waals surface area contributed by atoms with Crippen molar-refractivity contribution in [3.05, 3.63) is 24.3 Å². The Kier molecular flexibility index (Phi) is 40.2. The zero-order valence-corrected chi connectivity index (χ0v) is 35.4. The molecule has 0 spiro atoms. The van der Waals surface area contributed by atoms with Crippen molar-refractivity contribution >= 4 is 11.9 Å². The summed E-state index contributed by atoms with van der Waals surface area (Å²) in [5, 5.41) is 23.6. The molecule has 53 heavy (non-hydrogen) atoms. The Bertz CT molecular complexity index is 843. The average molecular weight is 748 g/mol. The van der Waals surface area contributed by atoms with Gasteiger partial charge in [0.15, 0.2) is 0 Å². The molecule has 0 fully saturated rings. The first-order valence-corrected chi connectivity index (χ1v) is 23.1. The number of ether oxygens (including phenoxy) is 1. The fourth-order valence-electron chi connectivity index (χ4n) is 6.95. The molecule has 0 aliphatic carbocycles. The van der Waals surface area contributed by atoms with E-state index < -0.39 is 18.2 Å². The van der Waals surface area contributed by atoms with Crippen LogP contribution in [-0.4, -0.2) is 46.9 Å². The van der Waals surface area contributed by atoms with Gasteiger partial charge < -0.3 is 20.3 Å². The van der Waals surface area contributed by atoms with E-state index in [4.69, 9.17) is 4.74 Å². The van der Waals surface area contributed by atoms with Gasteiger partial charge in [0, 0.05) is 6.42 Å². The third-order valence-electron chi connectivity index (χ3n) is 10.5. The first-order valence-electron chi connectivity index (χ1n) is 23.1. The van der Waals surface area contributed by atoms with Crippen molar-refractivity contribution in [2.45, 2.75) is 257 Å². The van der Waals surface area contributed by atoms with E-state index >= 15 is 0 Å². The number of carbonyl (C=O) groups excluding carboxylic acids is 2. The van der Waals surface area contributed by atoms with Crippen molar-refractivity contribution in [3.8, 4) is 0 Å². The van der Waals surface area contributed by atoms with Gasteiger partial charge in [-0.1, -0.05) is 180 Å². The summed E-state index contributed by atoms with van der Waals surface area (Å²) in [5.74, 6) is -0.510. The molecule has 0 aromatic heterocycles. The molecule has 0 saturated heterocycles. The fraction of sp³-hybridized carbons (Fsp3) is 0.872. The minimum atomic E-state index is -0.790. The van der Waals surface area contributed by atoms with Gasteiger partial charge in [0.05, 0.1) is 25.2 Å². The molecule has 0 aromatic rings. The standard InChI is InChI=1S/C47H89NO5/c1-4-7-10-13-16-19-22-25-28-31-34-37-40-47(52)53-43(38-35-32-29-26-23-20-17-14-11-8-5-2)41-46(51)48-44(42-49)45(50)39-36-33-30-27-24-21-18-15-12-9-6-3/h16,19,26,29,43-45,49-50H,4-15,17-18,20-25,27-28,30-42H2,1-3H3,(H,48,51)/b19-16-,29-26-. The Morgan fingerprint density at radius 2 is 0.925 bits per heavy atom. The molecule has 0 bridgehead atoms. The van der Waals surface area contributed by atoms with Gasteiger partial charge in [-0.2, -0.15) is 0 Å². The highest BCUT2D eigenvalue weighted by atomic mass is 16.5. The second-order valence-corrected chi connectivity index (χ2v) is 15.8. The number of esters is 1. The highest BCUT2D eigenvalue weighted by molar-refractivity contribution is 5.77. The number of hydrogen-bond donors (Lipinski definition) is 3. The van der Waals surface area contributed by atoms with Crippen molar-refractivity contribution in [1.29, 1.82) is 0 Å². The Labute approximate surface area is 329 Å². The molecule has 0 saturated carbocycles. The number of allylic oxidation sites excluding steroid dienone is 4. The highest BCUT2D eigenvalue weighted by Crippen LogP contribution is 2.17. The molecule has 0 aliphatic heterocycles. The van der Waals surface area contributed by atoms with Crippen molar-refractivity contribution in [2.75, 3.05) is 6.61 Å². The third-order valence-corrected chi connectivity index (χ3v) is 10.5. The predicted octanol–water partition coefficient (Wildman–Crippen LogP) is 13.2. The number of unbranched alkanes of at least 4 members (excludes halogenated alkanes) is 25. The van der Waals surface area contributed by atoms with Crippen LogP contribution in [0.4, 0.5) is 0 Å². The maximum absolute atomic E-state index is 13.1. The van der Waals surface area contributed by atoms with E-state index in [9.17, 15) is 19.8 Å². The molecule has 6 heteroatoms. The van der Waals surface area contributed by atoms with Crippen molar-refractivity contribution in [2.24, 2.45) is 0 Å². The molecule has 0 heterocycles. The summed E-state index contributed by atoms with van der Waals surface area (Å²) in [7, 11) is 0. The van der Waals surface area contributed by atoms with Crippen LogP contribution in [0.2, 0.25) is 0 Å². The van der Waals surface area contributed by atoms with Crippen molar-refractivity contribution < 1.29 is 24.5 Å². The second kappa shape index (κ2) is 41.5. The number of rotatable bonds is 41. The van der Waals surface area contributed by atoms with Gasteiger partial charge >= 0.3 is 5.97 Å². The summed E-state index contributed by atoms with van der Waals surface area (Å²) < 4.78 is 5.87. The largest absolute Gasteiger partial charge is 0.462 e. The first kappa shape index (κ1) is 51.3. The van der Waals surface area contributed by atoms with Crippen molar-refractivity contribution in [1.82, 2.24) is 5.32 Å². The van der Waals surface area contributed by atoms with Crippen LogP contribution in [0.5, 0.6) is 0 Å². The monoisotopic (exact) mass is 748 g/mol. The first-order chi connectivity index (χ1) is 26.0. The van der Waals surface area contributed by atoms with Crippen LogP contribution in [0, 0.1) is 0 Å². The van der Waals surface area contributed by atoms with E-state index in [-0.39, 0.29) is 24.9 Å². The number of nitrogens with one attached hydrogen (secondary N) is 1. The Morgan fingerprint density at radius 1 is 0.528 bits per heavy atom. The minimum Gasteiger partial charge on any atom is -0.462 e. The lowest BCUT2D eigenvalue weighted by Gasteiger charge is -2.24. The molecule has 0 aromatic carbocycles. The summed E-state index contributed by atoms with van der Waals surface area (Å²) in [6, 6.07) is -0.705. The van der Waals surface area contributed by atoms with Crippen LogP contribution < -0.4 is 5.32 Å². The lowest BCUT2D eigenvalue weighted by atomic mass is 10.0. The molecule has 0 radical (unpaired) electrons. The quantitative estimate of drug-likeness (QED) is 0.0329. The number of carbonyl (C=O) groups is 2. The van der Waals surface area contributed by atoms with E-state index in [0.717, 1.165) is 64.2 Å². The van der Waals surface area contributed by atoms with E-state index in [1.165, 1.54) is 128 Å². The van der Waals surface area contributed by atoms with Gasteiger partial charge in [-0.25, -0.2) is 0 Å². The van der Waals surface area contributed by atoms with Gasteiger partial charge in [-0.05, 0) is 70.6 Å². The maximum atomic E-state index is 13.1. The summed E-state index contributed by atoms with van der Waals surface area (Å²) in [4.78, 5) is 25.9. The second-order valence-electron chi connectivity index (χ2n) is 15.8. The van der Waals surface area contributed by atoms with Gasteiger partial charge in [-0.15, -0.1) is 0 Å². The van der Waals surface area contributed by atoms with E-state index in [1.807, 2.05) is 0 Å². The topological polar surface area (TPSA) is 95.9 Å². The summed E-state index contributed by atoms with van der Waals surface area (Å²) in [5.41, 5.74) is 0. The number of hydrogen-bond acceptors (Lipinski definition) is 5.